The number of nitrogens with zero attached hydrogens (tertiary/aromatic N) is 1. The number of pyridine rings is 1. The van der Waals surface area contributed by atoms with Crippen molar-refractivity contribution in [2.45, 2.75) is 33.2 Å². The molecule has 4 heteroatoms. The number of hydrogen-bond acceptors (Lipinski definition) is 3. The third-order valence-electron chi connectivity index (χ3n) is 3.15. The molecule has 2 aromatic rings. The number of ether oxygens (including phenoxy) is 1. The highest BCUT2D eigenvalue weighted by Gasteiger charge is 2.07. The molecule has 2 rings (SSSR count). The monoisotopic (exact) mass is 304 g/mol. The van der Waals surface area contributed by atoms with E-state index in [1.54, 1.807) is 0 Å². The van der Waals surface area contributed by atoms with Crippen LogP contribution in [-0.4, -0.2) is 12.0 Å². The minimum atomic E-state index is 0.636. The molecule has 0 radical (unpaired) electrons. The van der Waals surface area contributed by atoms with Gasteiger partial charge < -0.3 is 10.1 Å². The standard InChI is InChI=1S/C17H21ClN2O/c1-4-5-15-9-13(11-19-3)10-17(20-15)21-16-7-6-14(18)8-12(16)2/h6-10,19H,4-5,11H2,1-3H3. The maximum absolute atomic E-state index is 5.97. The van der Waals surface area contributed by atoms with Crippen LogP contribution in [0.25, 0.3) is 0 Å². The molecular weight excluding hydrogens is 284 g/mol. The molecule has 1 aromatic carbocycles. The number of hydrogen-bond donors (Lipinski definition) is 1. The number of nitrogens with one attached hydrogen (secondary N) is 1. The highest BCUT2D eigenvalue weighted by Crippen LogP contribution is 2.27. The highest BCUT2D eigenvalue weighted by molar-refractivity contribution is 6.30. The van der Waals surface area contributed by atoms with Gasteiger partial charge >= 0.3 is 0 Å². The van der Waals surface area contributed by atoms with Crippen molar-refractivity contribution in [1.82, 2.24) is 10.3 Å². The van der Waals surface area contributed by atoms with Crippen LogP contribution in [0.4, 0.5) is 0 Å². The molecule has 0 unspecified atom stereocenters. The lowest BCUT2D eigenvalue weighted by atomic mass is 10.1. The summed E-state index contributed by atoms with van der Waals surface area (Å²) in [6, 6.07) is 9.70. The lowest BCUT2D eigenvalue weighted by molar-refractivity contribution is 0.456. The van der Waals surface area contributed by atoms with Gasteiger partial charge in [0, 0.05) is 23.3 Å². The van der Waals surface area contributed by atoms with E-state index in [1.165, 1.54) is 5.56 Å². The van der Waals surface area contributed by atoms with E-state index in [9.17, 15) is 0 Å². The van der Waals surface area contributed by atoms with E-state index in [2.05, 4.69) is 23.3 Å². The first-order valence-corrected chi connectivity index (χ1v) is 7.58. The van der Waals surface area contributed by atoms with E-state index >= 15 is 0 Å². The fraction of sp³-hybridized carbons (Fsp3) is 0.353. The zero-order valence-electron chi connectivity index (χ0n) is 12.7. The Morgan fingerprint density at radius 3 is 2.71 bits per heavy atom. The van der Waals surface area contributed by atoms with Gasteiger partial charge in [0.05, 0.1) is 0 Å². The second kappa shape index (κ2) is 7.43. The molecule has 1 heterocycles. The number of aromatic nitrogens is 1. The molecule has 0 aliphatic heterocycles. The smallest absolute Gasteiger partial charge is 0.219 e. The summed E-state index contributed by atoms with van der Waals surface area (Å²) in [5.74, 6) is 1.42. The quantitative estimate of drug-likeness (QED) is 0.852. The Hall–Kier alpha value is -1.58. The molecule has 3 nitrogen and oxygen atoms in total. The van der Waals surface area contributed by atoms with Crippen LogP contribution < -0.4 is 10.1 Å². The average molecular weight is 305 g/mol. The van der Waals surface area contributed by atoms with Crippen LogP contribution in [0.3, 0.4) is 0 Å². The Morgan fingerprint density at radius 1 is 1.24 bits per heavy atom. The van der Waals surface area contributed by atoms with Crippen molar-refractivity contribution in [3.63, 3.8) is 0 Å². The topological polar surface area (TPSA) is 34.1 Å². The summed E-state index contributed by atoms with van der Waals surface area (Å²) in [4.78, 5) is 4.58. The molecule has 21 heavy (non-hydrogen) atoms. The molecule has 0 aliphatic rings. The van der Waals surface area contributed by atoms with Crippen LogP contribution in [0.5, 0.6) is 11.6 Å². The largest absolute Gasteiger partial charge is 0.439 e. The van der Waals surface area contributed by atoms with Gasteiger partial charge in [-0.2, -0.15) is 0 Å². The Bertz CT molecular complexity index is 589. The average Bonchev–Trinajstić information content (AvgIpc) is 2.42. The lowest BCUT2D eigenvalue weighted by Crippen LogP contribution is -2.07. The van der Waals surface area contributed by atoms with E-state index < -0.39 is 0 Å². The van der Waals surface area contributed by atoms with Crippen molar-refractivity contribution < 1.29 is 4.74 Å². The van der Waals surface area contributed by atoms with Gasteiger partial charge in [-0.3, -0.25) is 0 Å². The summed E-state index contributed by atoms with van der Waals surface area (Å²) in [7, 11) is 1.93. The molecule has 0 saturated heterocycles. The number of aryl methyl sites for hydroxylation is 2. The first-order chi connectivity index (χ1) is 10.1. The van der Waals surface area contributed by atoms with Gasteiger partial charge in [-0.05, 0) is 55.8 Å². The second-order valence-electron chi connectivity index (χ2n) is 5.10. The van der Waals surface area contributed by atoms with Gasteiger partial charge in [-0.25, -0.2) is 4.98 Å². The molecule has 112 valence electrons. The Morgan fingerprint density at radius 2 is 2.05 bits per heavy atom. The van der Waals surface area contributed by atoms with Gasteiger partial charge in [-0.1, -0.05) is 24.9 Å². The van der Waals surface area contributed by atoms with Crippen LogP contribution in [0.2, 0.25) is 5.02 Å². The van der Waals surface area contributed by atoms with Crippen molar-refractivity contribution in [3.8, 4) is 11.6 Å². The van der Waals surface area contributed by atoms with Crippen LogP contribution in [0.1, 0.15) is 30.2 Å². The molecular formula is C17H21ClN2O. The van der Waals surface area contributed by atoms with Gasteiger partial charge in [0.25, 0.3) is 0 Å². The summed E-state index contributed by atoms with van der Waals surface area (Å²) in [5, 5.41) is 3.87. The van der Waals surface area contributed by atoms with E-state index in [1.807, 2.05) is 38.2 Å². The highest BCUT2D eigenvalue weighted by atomic mass is 35.5. The molecule has 0 bridgehead atoms. The Balaban J connectivity index is 2.29. The SMILES string of the molecule is CCCc1cc(CNC)cc(Oc2ccc(Cl)cc2C)n1. The number of halogens is 1. The molecule has 1 aromatic heterocycles. The second-order valence-corrected chi connectivity index (χ2v) is 5.53. The molecule has 0 spiro atoms. The summed E-state index contributed by atoms with van der Waals surface area (Å²) < 4.78 is 5.94. The first kappa shape index (κ1) is 15.8. The Labute approximate surface area is 131 Å². The third-order valence-corrected chi connectivity index (χ3v) is 3.39. The van der Waals surface area contributed by atoms with Crippen LogP contribution >= 0.6 is 11.6 Å². The predicted octanol–water partition coefficient (Wildman–Crippen LogP) is 4.51. The number of benzene rings is 1. The summed E-state index contributed by atoms with van der Waals surface area (Å²) in [6.07, 6.45) is 2.02. The third kappa shape index (κ3) is 4.45. The van der Waals surface area contributed by atoms with Crippen LogP contribution in [0, 0.1) is 6.92 Å². The van der Waals surface area contributed by atoms with E-state index in [0.29, 0.717) is 10.9 Å². The normalized spacial score (nSPS) is 10.7. The Kier molecular flexibility index (Phi) is 5.59. The van der Waals surface area contributed by atoms with Gasteiger partial charge in [-0.15, -0.1) is 0 Å². The maximum atomic E-state index is 5.97. The summed E-state index contributed by atoms with van der Waals surface area (Å²) >= 11 is 5.97. The van der Waals surface area contributed by atoms with Crippen molar-refractivity contribution in [1.29, 1.82) is 0 Å². The number of rotatable bonds is 6. The minimum absolute atomic E-state index is 0.636. The van der Waals surface area contributed by atoms with Crippen molar-refractivity contribution in [2.24, 2.45) is 0 Å². The van der Waals surface area contributed by atoms with Crippen molar-refractivity contribution in [2.75, 3.05) is 7.05 Å². The van der Waals surface area contributed by atoms with E-state index in [0.717, 1.165) is 36.4 Å². The molecule has 0 atom stereocenters. The molecule has 0 amide bonds. The molecule has 0 saturated carbocycles. The van der Waals surface area contributed by atoms with Crippen LogP contribution in [0.15, 0.2) is 30.3 Å². The first-order valence-electron chi connectivity index (χ1n) is 7.20. The fourth-order valence-electron chi connectivity index (χ4n) is 2.20. The van der Waals surface area contributed by atoms with Crippen molar-refractivity contribution in [3.05, 3.63) is 52.2 Å². The van der Waals surface area contributed by atoms with Crippen molar-refractivity contribution >= 4 is 11.6 Å². The zero-order chi connectivity index (χ0) is 15.2. The summed E-state index contributed by atoms with van der Waals surface area (Å²) in [6.45, 7) is 4.93. The molecule has 1 N–H and O–H groups in total. The minimum Gasteiger partial charge on any atom is -0.439 e. The molecule has 0 aliphatic carbocycles. The van der Waals surface area contributed by atoms with Gasteiger partial charge in [0.1, 0.15) is 5.75 Å². The van der Waals surface area contributed by atoms with E-state index in [-0.39, 0.29) is 0 Å². The maximum Gasteiger partial charge on any atom is 0.219 e. The zero-order valence-corrected chi connectivity index (χ0v) is 13.5. The predicted molar refractivity (Wildman–Crippen MR) is 87.3 cm³/mol. The summed E-state index contributed by atoms with van der Waals surface area (Å²) in [5.41, 5.74) is 3.24. The fourth-order valence-corrected chi connectivity index (χ4v) is 2.43. The van der Waals surface area contributed by atoms with Crippen LogP contribution in [-0.2, 0) is 13.0 Å². The van der Waals surface area contributed by atoms with Gasteiger partial charge in [0.15, 0.2) is 0 Å². The lowest BCUT2D eigenvalue weighted by Gasteiger charge is -2.11. The van der Waals surface area contributed by atoms with E-state index in [4.69, 9.17) is 16.3 Å². The molecule has 0 fully saturated rings. The van der Waals surface area contributed by atoms with Gasteiger partial charge in [0.2, 0.25) is 5.88 Å².